The molecule has 0 radical (unpaired) electrons. The zero-order chi connectivity index (χ0) is 15.7. The lowest BCUT2D eigenvalue weighted by atomic mass is 10.0. The van der Waals surface area contributed by atoms with E-state index in [1.807, 2.05) is 25.3 Å². The number of hydrogen-bond acceptors (Lipinski definition) is 4. The Balaban J connectivity index is 1.91. The van der Waals surface area contributed by atoms with Gasteiger partial charge in [-0.3, -0.25) is 0 Å². The Hall–Kier alpha value is -2.33. The SMILES string of the molecule is Cc1cc(N)cc(Nc2ncc(-c3c(C)cccc3C)s2)c1. The number of anilines is 3. The molecule has 4 heteroatoms. The van der Waals surface area contributed by atoms with Crippen LogP contribution in [0.25, 0.3) is 10.4 Å². The first kappa shape index (κ1) is 14.6. The van der Waals surface area contributed by atoms with Gasteiger partial charge in [0.05, 0.1) is 4.88 Å². The summed E-state index contributed by atoms with van der Waals surface area (Å²) in [6, 6.07) is 12.3. The fourth-order valence-electron chi connectivity index (χ4n) is 2.66. The molecule has 3 aromatic rings. The van der Waals surface area contributed by atoms with E-state index in [-0.39, 0.29) is 0 Å². The molecule has 0 fully saturated rings. The van der Waals surface area contributed by atoms with E-state index in [1.165, 1.54) is 21.6 Å². The van der Waals surface area contributed by atoms with E-state index < -0.39 is 0 Å². The van der Waals surface area contributed by atoms with Gasteiger partial charge in [0.25, 0.3) is 0 Å². The van der Waals surface area contributed by atoms with Gasteiger partial charge in [-0.05, 0) is 61.2 Å². The van der Waals surface area contributed by atoms with Crippen LogP contribution in [-0.2, 0) is 0 Å². The molecular formula is C18H19N3S. The van der Waals surface area contributed by atoms with Crippen molar-refractivity contribution in [1.82, 2.24) is 4.98 Å². The summed E-state index contributed by atoms with van der Waals surface area (Å²) in [5.74, 6) is 0. The first-order chi connectivity index (χ1) is 10.5. The summed E-state index contributed by atoms with van der Waals surface area (Å²) in [7, 11) is 0. The molecule has 3 N–H and O–H groups in total. The van der Waals surface area contributed by atoms with E-state index in [1.54, 1.807) is 11.3 Å². The summed E-state index contributed by atoms with van der Waals surface area (Å²) in [5.41, 5.74) is 12.6. The minimum Gasteiger partial charge on any atom is -0.399 e. The Kier molecular flexibility index (Phi) is 3.86. The van der Waals surface area contributed by atoms with Crippen LogP contribution in [0.3, 0.4) is 0 Å². The highest BCUT2D eigenvalue weighted by molar-refractivity contribution is 7.19. The molecule has 0 unspecified atom stereocenters. The molecule has 0 bridgehead atoms. The molecule has 0 atom stereocenters. The molecule has 3 rings (SSSR count). The molecule has 0 aliphatic rings. The van der Waals surface area contributed by atoms with Crippen LogP contribution < -0.4 is 11.1 Å². The van der Waals surface area contributed by atoms with Gasteiger partial charge in [-0.25, -0.2) is 4.98 Å². The number of nitrogens with zero attached hydrogens (tertiary/aromatic N) is 1. The highest BCUT2D eigenvalue weighted by Crippen LogP contribution is 2.34. The van der Waals surface area contributed by atoms with Gasteiger partial charge in [0.15, 0.2) is 5.13 Å². The zero-order valence-electron chi connectivity index (χ0n) is 13.0. The lowest BCUT2D eigenvalue weighted by Crippen LogP contribution is -1.92. The van der Waals surface area contributed by atoms with Crippen LogP contribution in [0.15, 0.2) is 42.6 Å². The van der Waals surface area contributed by atoms with E-state index in [0.717, 1.165) is 22.1 Å². The molecule has 0 saturated carbocycles. The smallest absolute Gasteiger partial charge is 0.187 e. The molecule has 0 aliphatic heterocycles. The topological polar surface area (TPSA) is 50.9 Å². The van der Waals surface area contributed by atoms with Crippen molar-refractivity contribution in [3.8, 4) is 10.4 Å². The third kappa shape index (κ3) is 2.97. The summed E-state index contributed by atoms with van der Waals surface area (Å²) in [6.07, 6.45) is 1.93. The van der Waals surface area contributed by atoms with E-state index in [9.17, 15) is 0 Å². The lowest BCUT2D eigenvalue weighted by Gasteiger charge is -2.07. The van der Waals surface area contributed by atoms with Crippen molar-refractivity contribution < 1.29 is 0 Å². The monoisotopic (exact) mass is 309 g/mol. The third-order valence-electron chi connectivity index (χ3n) is 3.58. The lowest BCUT2D eigenvalue weighted by molar-refractivity contribution is 1.36. The predicted molar refractivity (Wildman–Crippen MR) is 95.9 cm³/mol. The Morgan fingerprint density at radius 1 is 1.05 bits per heavy atom. The number of thiazole rings is 1. The minimum atomic E-state index is 0.758. The third-order valence-corrected chi connectivity index (χ3v) is 4.51. The summed E-state index contributed by atoms with van der Waals surface area (Å²) < 4.78 is 0. The number of rotatable bonds is 3. The molecule has 1 heterocycles. The minimum absolute atomic E-state index is 0.758. The molecule has 3 nitrogen and oxygen atoms in total. The summed E-state index contributed by atoms with van der Waals surface area (Å²) >= 11 is 1.66. The maximum Gasteiger partial charge on any atom is 0.187 e. The summed E-state index contributed by atoms with van der Waals surface area (Å²) in [6.45, 7) is 6.30. The standard InChI is InChI=1S/C18H19N3S/c1-11-7-14(19)9-15(8-11)21-18-20-10-16(22-18)17-12(2)5-4-6-13(17)3/h4-10H,19H2,1-3H3,(H,20,21). The average molecular weight is 309 g/mol. The van der Waals surface area contributed by atoms with E-state index >= 15 is 0 Å². The molecule has 112 valence electrons. The summed E-state index contributed by atoms with van der Waals surface area (Å²) in [4.78, 5) is 5.68. The highest BCUT2D eigenvalue weighted by Gasteiger charge is 2.10. The first-order valence-electron chi connectivity index (χ1n) is 7.19. The fraction of sp³-hybridized carbons (Fsp3) is 0.167. The van der Waals surface area contributed by atoms with Crippen molar-refractivity contribution in [3.05, 3.63) is 59.3 Å². The maximum absolute atomic E-state index is 5.89. The van der Waals surface area contributed by atoms with Gasteiger partial charge in [0.2, 0.25) is 0 Å². The number of aromatic nitrogens is 1. The second-order valence-corrected chi connectivity index (χ2v) is 6.58. The van der Waals surface area contributed by atoms with E-state index in [0.29, 0.717) is 0 Å². The van der Waals surface area contributed by atoms with Gasteiger partial charge in [-0.2, -0.15) is 0 Å². The Bertz CT molecular complexity index is 780. The second-order valence-electron chi connectivity index (χ2n) is 5.55. The van der Waals surface area contributed by atoms with Crippen LogP contribution in [0.4, 0.5) is 16.5 Å². The average Bonchev–Trinajstić information content (AvgIpc) is 2.85. The van der Waals surface area contributed by atoms with Crippen LogP contribution in [0.5, 0.6) is 0 Å². The number of nitrogen functional groups attached to an aromatic ring is 1. The molecule has 0 aliphatic carbocycles. The zero-order valence-corrected chi connectivity index (χ0v) is 13.8. The fourth-order valence-corrected chi connectivity index (χ4v) is 3.67. The van der Waals surface area contributed by atoms with Crippen LogP contribution in [-0.4, -0.2) is 4.98 Å². The van der Waals surface area contributed by atoms with Crippen molar-refractivity contribution in [2.75, 3.05) is 11.1 Å². The number of nitrogens with two attached hydrogens (primary N) is 1. The number of aryl methyl sites for hydroxylation is 3. The maximum atomic E-state index is 5.89. The molecule has 2 aromatic carbocycles. The molecule has 1 aromatic heterocycles. The van der Waals surface area contributed by atoms with Gasteiger partial charge in [-0.1, -0.05) is 29.5 Å². The van der Waals surface area contributed by atoms with Crippen LogP contribution in [0, 0.1) is 20.8 Å². The molecular weight excluding hydrogens is 290 g/mol. The van der Waals surface area contributed by atoms with Crippen molar-refractivity contribution in [1.29, 1.82) is 0 Å². The van der Waals surface area contributed by atoms with Crippen molar-refractivity contribution in [2.24, 2.45) is 0 Å². The molecule has 0 spiro atoms. The van der Waals surface area contributed by atoms with Gasteiger partial charge < -0.3 is 11.1 Å². The second kappa shape index (κ2) is 5.81. The quantitative estimate of drug-likeness (QED) is 0.665. The van der Waals surface area contributed by atoms with Crippen molar-refractivity contribution in [2.45, 2.75) is 20.8 Å². The van der Waals surface area contributed by atoms with Crippen LogP contribution in [0.2, 0.25) is 0 Å². The normalized spacial score (nSPS) is 10.7. The Morgan fingerprint density at radius 3 is 2.45 bits per heavy atom. The largest absolute Gasteiger partial charge is 0.399 e. The van der Waals surface area contributed by atoms with Crippen molar-refractivity contribution in [3.63, 3.8) is 0 Å². The van der Waals surface area contributed by atoms with Crippen LogP contribution >= 0.6 is 11.3 Å². The van der Waals surface area contributed by atoms with E-state index in [4.69, 9.17) is 5.73 Å². The van der Waals surface area contributed by atoms with Gasteiger partial charge >= 0.3 is 0 Å². The molecule has 0 saturated heterocycles. The van der Waals surface area contributed by atoms with Crippen molar-refractivity contribution >= 4 is 27.8 Å². The summed E-state index contributed by atoms with van der Waals surface area (Å²) in [5, 5.41) is 4.22. The molecule has 22 heavy (non-hydrogen) atoms. The van der Waals surface area contributed by atoms with Crippen LogP contribution in [0.1, 0.15) is 16.7 Å². The predicted octanol–water partition coefficient (Wildman–Crippen LogP) is 5.06. The first-order valence-corrected chi connectivity index (χ1v) is 8.01. The molecule has 0 amide bonds. The number of nitrogens with one attached hydrogen (secondary N) is 1. The highest BCUT2D eigenvalue weighted by atomic mass is 32.1. The number of benzene rings is 2. The van der Waals surface area contributed by atoms with Gasteiger partial charge in [0, 0.05) is 17.6 Å². The van der Waals surface area contributed by atoms with Gasteiger partial charge in [-0.15, -0.1) is 0 Å². The van der Waals surface area contributed by atoms with E-state index in [2.05, 4.69) is 48.4 Å². The van der Waals surface area contributed by atoms with Gasteiger partial charge in [0.1, 0.15) is 0 Å². The Morgan fingerprint density at radius 2 is 1.77 bits per heavy atom. The number of hydrogen-bond donors (Lipinski definition) is 2. The Labute approximate surface area is 134 Å².